The Kier molecular flexibility index (Phi) is 8.63. The minimum atomic E-state index is 0.534. The number of hydrogen-bond donors (Lipinski definition) is 2. The van der Waals surface area contributed by atoms with Crippen molar-refractivity contribution in [1.82, 2.24) is 15.2 Å². The molecule has 0 radical (unpaired) electrons. The summed E-state index contributed by atoms with van der Waals surface area (Å²) in [5.74, 6) is 1.70. The normalized spacial score (nSPS) is 17.8. The number of aromatic nitrogens is 3. The summed E-state index contributed by atoms with van der Waals surface area (Å²) in [6, 6.07) is 8.49. The highest BCUT2D eigenvalue weighted by Crippen LogP contribution is 2.36. The van der Waals surface area contributed by atoms with Crippen molar-refractivity contribution >= 4 is 57.2 Å². The SMILES string of the molecule is CCc1cnc(NCc2cccc(NC3=NCC(C)S3)c2)c(CSc2nncs2)c1N1CCOCC1. The van der Waals surface area contributed by atoms with Crippen LogP contribution < -0.4 is 15.5 Å². The lowest BCUT2D eigenvalue weighted by Gasteiger charge is -2.33. The minimum Gasteiger partial charge on any atom is -0.378 e. The maximum Gasteiger partial charge on any atom is 0.174 e. The number of amidine groups is 1. The first-order valence-corrected chi connectivity index (χ1v) is 15.0. The maximum absolute atomic E-state index is 5.64. The molecule has 0 aliphatic carbocycles. The van der Waals surface area contributed by atoms with E-state index >= 15 is 0 Å². The van der Waals surface area contributed by atoms with Crippen molar-refractivity contribution in [3.63, 3.8) is 0 Å². The Balaban J connectivity index is 1.37. The van der Waals surface area contributed by atoms with Crippen molar-refractivity contribution in [2.45, 2.75) is 42.2 Å². The lowest BCUT2D eigenvalue weighted by atomic mass is 10.1. The Labute approximate surface area is 224 Å². The summed E-state index contributed by atoms with van der Waals surface area (Å²) in [4.78, 5) is 11.9. The molecule has 2 aliphatic heterocycles. The topological polar surface area (TPSA) is 87.6 Å². The summed E-state index contributed by atoms with van der Waals surface area (Å²) < 4.78 is 6.61. The molecule has 1 aromatic carbocycles. The van der Waals surface area contributed by atoms with Crippen molar-refractivity contribution in [2.24, 2.45) is 4.99 Å². The van der Waals surface area contributed by atoms with Crippen LogP contribution in [0.15, 0.2) is 45.3 Å². The van der Waals surface area contributed by atoms with E-state index in [1.165, 1.54) is 22.4 Å². The van der Waals surface area contributed by atoms with Crippen molar-refractivity contribution in [3.05, 3.63) is 52.7 Å². The van der Waals surface area contributed by atoms with Gasteiger partial charge >= 0.3 is 0 Å². The summed E-state index contributed by atoms with van der Waals surface area (Å²) in [7, 11) is 0. The first-order valence-electron chi connectivity index (χ1n) is 12.2. The minimum absolute atomic E-state index is 0.534. The Morgan fingerprint density at radius 3 is 2.89 bits per heavy atom. The number of nitrogens with zero attached hydrogens (tertiary/aromatic N) is 5. The van der Waals surface area contributed by atoms with Gasteiger partial charge < -0.3 is 20.3 Å². The van der Waals surface area contributed by atoms with E-state index in [1.54, 1.807) is 40.4 Å². The van der Waals surface area contributed by atoms with Gasteiger partial charge in [-0.2, -0.15) is 0 Å². The number of morpholine rings is 1. The number of benzene rings is 1. The highest BCUT2D eigenvalue weighted by Gasteiger charge is 2.22. The van der Waals surface area contributed by atoms with Gasteiger partial charge in [-0.1, -0.05) is 60.8 Å². The molecule has 0 saturated carbocycles. The largest absolute Gasteiger partial charge is 0.378 e. The molecule has 0 bridgehead atoms. The molecule has 36 heavy (non-hydrogen) atoms. The van der Waals surface area contributed by atoms with Crippen LogP contribution in [0.2, 0.25) is 0 Å². The second kappa shape index (κ2) is 12.3. The molecule has 0 spiro atoms. The van der Waals surface area contributed by atoms with Crippen LogP contribution in [0.3, 0.4) is 0 Å². The van der Waals surface area contributed by atoms with Gasteiger partial charge in [-0.25, -0.2) is 4.98 Å². The average molecular weight is 542 g/mol. The first-order chi connectivity index (χ1) is 17.7. The third-order valence-electron chi connectivity index (χ3n) is 6.06. The number of pyridine rings is 1. The standard InChI is InChI=1S/C25H31N7OS3/c1-3-19-14-27-23(26-13-18-5-4-6-20(11-18)30-24-28-12-17(2)36-24)21(15-34-25-31-29-16-35-25)22(19)32-7-9-33-10-8-32/h4-6,11,14,16-17H,3,7-10,12-13,15H2,1-2H3,(H,26,27)(H,28,30). The lowest BCUT2D eigenvalue weighted by Crippen LogP contribution is -2.37. The molecule has 1 saturated heterocycles. The Morgan fingerprint density at radius 2 is 2.14 bits per heavy atom. The fourth-order valence-electron chi connectivity index (χ4n) is 4.29. The third-order valence-corrected chi connectivity index (χ3v) is 8.95. The van der Waals surface area contributed by atoms with E-state index < -0.39 is 0 Å². The molecule has 11 heteroatoms. The van der Waals surface area contributed by atoms with Gasteiger partial charge in [0.15, 0.2) is 9.51 Å². The van der Waals surface area contributed by atoms with Crippen LogP contribution in [0, 0.1) is 0 Å². The molecule has 2 N–H and O–H groups in total. The monoisotopic (exact) mass is 541 g/mol. The summed E-state index contributed by atoms with van der Waals surface area (Å²) in [5.41, 5.74) is 7.80. The molecule has 8 nitrogen and oxygen atoms in total. The predicted molar refractivity (Wildman–Crippen MR) is 153 cm³/mol. The number of ether oxygens (including phenoxy) is 1. The number of aliphatic imine (C=N–C) groups is 1. The van der Waals surface area contributed by atoms with Crippen LogP contribution in [-0.2, 0) is 23.5 Å². The zero-order chi connectivity index (χ0) is 24.7. The number of hydrogen-bond acceptors (Lipinski definition) is 11. The first kappa shape index (κ1) is 25.3. The summed E-state index contributed by atoms with van der Waals surface area (Å²) in [6.07, 6.45) is 2.96. The van der Waals surface area contributed by atoms with Crippen molar-refractivity contribution in [2.75, 3.05) is 48.4 Å². The molecular formula is C25H31N7OS3. The van der Waals surface area contributed by atoms with E-state index in [4.69, 9.17) is 9.72 Å². The molecule has 2 aromatic heterocycles. The molecule has 4 heterocycles. The second-order valence-electron chi connectivity index (χ2n) is 8.66. The van der Waals surface area contributed by atoms with E-state index in [9.17, 15) is 0 Å². The van der Waals surface area contributed by atoms with Crippen LogP contribution in [0.25, 0.3) is 0 Å². The molecule has 0 amide bonds. The zero-order valence-corrected chi connectivity index (χ0v) is 23.0. The Bertz CT molecular complexity index is 1180. The number of thioether (sulfide) groups is 2. The van der Waals surface area contributed by atoms with Gasteiger partial charge in [0.05, 0.1) is 19.8 Å². The van der Waals surface area contributed by atoms with Crippen LogP contribution in [0.5, 0.6) is 0 Å². The summed E-state index contributed by atoms with van der Waals surface area (Å²) >= 11 is 5.08. The Morgan fingerprint density at radius 1 is 1.25 bits per heavy atom. The smallest absolute Gasteiger partial charge is 0.174 e. The second-order valence-corrected chi connectivity index (χ2v) is 12.1. The predicted octanol–water partition coefficient (Wildman–Crippen LogP) is 5.14. The van der Waals surface area contributed by atoms with Gasteiger partial charge in [0.1, 0.15) is 11.3 Å². The van der Waals surface area contributed by atoms with E-state index in [1.807, 2.05) is 6.20 Å². The third kappa shape index (κ3) is 6.31. The number of rotatable bonds is 9. The van der Waals surface area contributed by atoms with Gasteiger partial charge in [0.2, 0.25) is 0 Å². The van der Waals surface area contributed by atoms with Gasteiger partial charge in [0.25, 0.3) is 0 Å². The molecule has 1 fully saturated rings. The maximum atomic E-state index is 5.64. The fraction of sp³-hybridized carbons (Fsp3) is 0.440. The quantitative estimate of drug-likeness (QED) is 0.358. The Hall–Kier alpha value is -2.34. The van der Waals surface area contributed by atoms with Crippen molar-refractivity contribution < 1.29 is 4.74 Å². The van der Waals surface area contributed by atoms with Crippen LogP contribution in [0.4, 0.5) is 17.2 Å². The number of anilines is 3. The van der Waals surface area contributed by atoms with E-state index in [-0.39, 0.29) is 0 Å². The number of aryl methyl sites for hydroxylation is 1. The van der Waals surface area contributed by atoms with Crippen LogP contribution >= 0.6 is 34.9 Å². The van der Waals surface area contributed by atoms with Gasteiger partial charge in [-0.15, -0.1) is 10.2 Å². The van der Waals surface area contributed by atoms with Crippen molar-refractivity contribution in [1.29, 1.82) is 0 Å². The summed E-state index contributed by atoms with van der Waals surface area (Å²) in [6.45, 7) is 9.23. The average Bonchev–Trinajstić information content (AvgIpc) is 3.58. The van der Waals surface area contributed by atoms with Crippen LogP contribution in [0.1, 0.15) is 30.5 Å². The molecule has 2 aliphatic rings. The van der Waals surface area contributed by atoms with Crippen LogP contribution in [-0.4, -0.2) is 58.4 Å². The highest BCUT2D eigenvalue weighted by molar-refractivity contribution is 8.15. The van der Waals surface area contributed by atoms with E-state index in [0.29, 0.717) is 11.8 Å². The zero-order valence-electron chi connectivity index (χ0n) is 20.6. The molecule has 3 aromatic rings. The molecule has 5 rings (SSSR count). The van der Waals surface area contributed by atoms with Gasteiger partial charge in [-0.3, -0.25) is 4.99 Å². The summed E-state index contributed by atoms with van der Waals surface area (Å²) in [5, 5.41) is 16.9. The molecular weight excluding hydrogens is 511 g/mol. The van der Waals surface area contributed by atoms with Crippen molar-refractivity contribution in [3.8, 4) is 0 Å². The fourth-order valence-corrected chi connectivity index (χ4v) is 6.65. The van der Waals surface area contributed by atoms with Gasteiger partial charge in [0, 0.05) is 53.8 Å². The number of nitrogens with one attached hydrogen (secondary N) is 2. The molecule has 190 valence electrons. The van der Waals surface area contributed by atoms with E-state index in [2.05, 4.69) is 68.8 Å². The van der Waals surface area contributed by atoms with E-state index in [0.717, 1.165) is 66.0 Å². The molecule has 1 atom stereocenters. The molecule has 1 unspecified atom stereocenters. The lowest BCUT2D eigenvalue weighted by molar-refractivity contribution is 0.122. The highest BCUT2D eigenvalue weighted by atomic mass is 32.2. The van der Waals surface area contributed by atoms with Gasteiger partial charge in [-0.05, 0) is 29.7 Å².